The smallest absolute Gasteiger partial charge is 0.267 e. The third-order valence-corrected chi connectivity index (χ3v) is 9.71. The van der Waals surface area contributed by atoms with E-state index in [4.69, 9.17) is 26.4 Å². The van der Waals surface area contributed by atoms with Crippen molar-refractivity contribution in [2.75, 3.05) is 0 Å². The second-order valence-corrected chi connectivity index (χ2v) is 10.5. The van der Waals surface area contributed by atoms with Crippen molar-refractivity contribution in [2.45, 2.75) is 5.09 Å². The molecule has 0 aliphatic carbocycles. The molecule has 0 N–H and O–H groups in total. The maximum Gasteiger partial charge on any atom is 0.267 e. The van der Waals surface area contributed by atoms with Crippen LogP contribution in [0.2, 0.25) is 0 Å². The van der Waals surface area contributed by atoms with Crippen molar-refractivity contribution >= 4 is 41.2 Å². The molecule has 2 aromatic heterocycles. The minimum atomic E-state index is -2.35. The summed E-state index contributed by atoms with van der Waals surface area (Å²) in [6, 6.07) is 35.2. The van der Waals surface area contributed by atoms with Gasteiger partial charge in [-0.05, 0) is 48.5 Å². The van der Waals surface area contributed by atoms with E-state index in [2.05, 4.69) is 72.8 Å². The van der Waals surface area contributed by atoms with E-state index in [0.29, 0.717) is 16.7 Å². The zero-order valence-electron chi connectivity index (χ0n) is 16.1. The SMILES string of the molecule is Sc1oc(-c2ccco2)nc1[P+](c1ccccc1)(c1ccccc1)c1ccccc1. The number of hydrogen-bond donors (Lipinski definition) is 1. The molecule has 0 radical (unpaired) electrons. The Kier molecular flexibility index (Phi) is 5.04. The van der Waals surface area contributed by atoms with Gasteiger partial charge in [0.2, 0.25) is 5.09 Å². The molecular weight excluding hydrogens is 409 g/mol. The molecular formula is C25H19NO2PS+. The van der Waals surface area contributed by atoms with Crippen LogP contribution in [0.15, 0.2) is 123 Å². The van der Waals surface area contributed by atoms with Crippen LogP contribution in [0.1, 0.15) is 0 Å². The fourth-order valence-electron chi connectivity index (χ4n) is 3.80. The Morgan fingerprint density at radius 1 is 0.633 bits per heavy atom. The maximum absolute atomic E-state index is 6.02. The van der Waals surface area contributed by atoms with Crippen LogP contribution in [0.3, 0.4) is 0 Å². The quantitative estimate of drug-likeness (QED) is 0.322. The Morgan fingerprint density at radius 2 is 1.13 bits per heavy atom. The van der Waals surface area contributed by atoms with Gasteiger partial charge in [-0.25, -0.2) is 0 Å². The largest absolute Gasteiger partial charge is 0.459 e. The van der Waals surface area contributed by atoms with Gasteiger partial charge < -0.3 is 8.83 Å². The highest BCUT2D eigenvalue weighted by atomic mass is 32.1. The third kappa shape index (κ3) is 3.09. The van der Waals surface area contributed by atoms with E-state index in [0.717, 1.165) is 5.44 Å². The van der Waals surface area contributed by atoms with Crippen molar-refractivity contribution in [2.24, 2.45) is 0 Å². The Labute approximate surface area is 181 Å². The van der Waals surface area contributed by atoms with E-state index in [1.807, 2.05) is 30.3 Å². The molecule has 5 aromatic rings. The number of thiol groups is 1. The molecule has 0 unspecified atom stereocenters. The summed E-state index contributed by atoms with van der Waals surface area (Å²) in [7, 11) is -2.35. The van der Waals surface area contributed by atoms with Gasteiger partial charge in [-0.15, -0.1) is 0 Å². The zero-order chi connectivity index (χ0) is 20.4. The summed E-state index contributed by atoms with van der Waals surface area (Å²) in [6.07, 6.45) is 1.62. The molecule has 5 rings (SSSR count). The summed E-state index contributed by atoms with van der Waals surface area (Å²) in [5, 5.41) is 4.08. The summed E-state index contributed by atoms with van der Waals surface area (Å²) >= 11 is 4.75. The Balaban J connectivity index is 1.88. The lowest BCUT2D eigenvalue weighted by Crippen LogP contribution is -2.39. The first-order valence-electron chi connectivity index (χ1n) is 9.60. The van der Waals surface area contributed by atoms with Crippen molar-refractivity contribution in [3.63, 3.8) is 0 Å². The standard InChI is InChI=1S/C25H18NO2PS/c30-25-24(26-23(28-25)22-17-10-18-27-22)29(19-11-4-1-5-12-19,20-13-6-2-7-14-20)21-15-8-3-9-16-21/h1-18H/p+1. The van der Waals surface area contributed by atoms with Crippen LogP contribution < -0.4 is 21.3 Å². The average Bonchev–Trinajstić information content (AvgIpc) is 3.47. The number of benzene rings is 3. The van der Waals surface area contributed by atoms with Crippen molar-refractivity contribution < 1.29 is 8.83 Å². The van der Waals surface area contributed by atoms with Gasteiger partial charge in [0.1, 0.15) is 15.9 Å². The molecule has 0 amide bonds. The highest BCUT2D eigenvalue weighted by Crippen LogP contribution is 2.55. The Bertz CT molecular complexity index is 1140. The van der Waals surface area contributed by atoms with Crippen LogP contribution in [0.25, 0.3) is 11.7 Å². The molecule has 2 heterocycles. The highest BCUT2D eigenvalue weighted by molar-refractivity contribution is 8.02. The molecule has 0 fully saturated rings. The first-order valence-corrected chi connectivity index (χ1v) is 11.8. The molecule has 146 valence electrons. The van der Waals surface area contributed by atoms with Gasteiger partial charge in [0, 0.05) is 0 Å². The number of rotatable bonds is 5. The third-order valence-electron chi connectivity index (χ3n) is 5.07. The van der Waals surface area contributed by atoms with Gasteiger partial charge in [0.05, 0.1) is 6.26 Å². The van der Waals surface area contributed by atoms with Crippen molar-refractivity contribution in [3.8, 4) is 11.7 Å². The monoisotopic (exact) mass is 428 g/mol. The summed E-state index contributed by atoms with van der Waals surface area (Å²) < 4.78 is 11.6. The van der Waals surface area contributed by atoms with E-state index in [1.165, 1.54) is 15.9 Å². The van der Waals surface area contributed by atoms with Gasteiger partial charge in [0.15, 0.2) is 13.0 Å². The second-order valence-electron chi connectivity index (χ2n) is 6.80. The average molecular weight is 428 g/mol. The van der Waals surface area contributed by atoms with Gasteiger partial charge >= 0.3 is 0 Å². The maximum atomic E-state index is 6.02. The number of nitrogens with zero attached hydrogens (tertiary/aromatic N) is 1. The number of aromatic nitrogens is 1. The molecule has 5 heteroatoms. The zero-order valence-corrected chi connectivity index (χ0v) is 17.8. The fourth-order valence-corrected chi connectivity index (χ4v) is 8.44. The van der Waals surface area contributed by atoms with Gasteiger partial charge in [-0.3, -0.25) is 0 Å². The lowest BCUT2D eigenvalue weighted by atomic mass is 10.4. The first kappa shape index (κ1) is 18.9. The molecule has 3 aromatic carbocycles. The van der Waals surface area contributed by atoms with Crippen LogP contribution in [-0.4, -0.2) is 4.98 Å². The fraction of sp³-hybridized carbons (Fsp3) is 0. The molecule has 0 aliphatic rings. The van der Waals surface area contributed by atoms with E-state index in [1.54, 1.807) is 6.26 Å². The Morgan fingerprint density at radius 3 is 1.57 bits per heavy atom. The van der Waals surface area contributed by atoms with Gasteiger partial charge in [-0.2, -0.15) is 4.98 Å². The Hall–Kier alpha value is -3.07. The summed E-state index contributed by atoms with van der Waals surface area (Å²) in [5.74, 6) is 1.02. The van der Waals surface area contributed by atoms with E-state index in [9.17, 15) is 0 Å². The second kappa shape index (κ2) is 7.98. The summed E-state index contributed by atoms with van der Waals surface area (Å²) in [4.78, 5) is 4.97. The molecule has 30 heavy (non-hydrogen) atoms. The van der Waals surface area contributed by atoms with Crippen molar-refractivity contribution in [3.05, 3.63) is 109 Å². The van der Waals surface area contributed by atoms with E-state index in [-0.39, 0.29) is 0 Å². The lowest BCUT2D eigenvalue weighted by molar-refractivity contribution is 0.463. The van der Waals surface area contributed by atoms with Crippen molar-refractivity contribution in [1.82, 2.24) is 4.98 Å². The van der Waals surface area contributed by atoms with Gasteiger partial charge in [-0.1, -0.05) is 67.2 Å². The molecule has 3 nitrogen and oxygen atoms in total. The van der Waals surface area contributed by atoms with Crippen LogP contribution in [0, 0.1) is 0 Å². The molecule has 0 saturated heterocycles. The molecule has 0 bridgehead atoms. The molecule has 0 aliphatic heterocycles. The topological polar surface area (TPSA) is 39.2 Å². The van der Waals surface area contributed by atoms with Crippen molar-refractivity contribution in [1.29, 1.82) is 0 Å². The van der Waals surface area contributed by atoms with Crippen LogP contribution in [-0.2, 0) is 0 Å². The molecule has 0 spiro atoms. The van der Waals surface area contributed by atoms with Crippen LogP contribution >= 0.6 is 19.9 Å². The van der Waals surface area contributed by atoms with E-state index >= 15 is 0 Å². The highest BCUT2D eigenvalue weighted by Gasteiger charge is 2.52. The first-order chi connectivity index (χ1) is 14.8. The molecule has 0 saturated carbocycles. The summed E-state index contributed by atoms with van der Waals surface area (Å²) in [6.45, 7) is 0. The number of furan rings is 1. The normalized spacial score (nSPS) is 11.5. The summed E-state index contributed by atoms with van der Waals surface area (Å²) in [5.41, 5.74) is 0.834. The number of oxazole rings is 1. The van der Waals surface area contributed by atoms with Gasteiger partial charge in [0.25, 0.3) is 11.3 Å². The molecule has 0 atom stereocenters. The minimum absolute atomic E-state index is 0.437. The van der Waals surface area contributed by atoms with Crippen LogP contribution in [0.4, 0.5) is 0 Å². The predicted molar refractivity (Wildman–Crippen MR) is 126 cm³/mol. The van der Waals surface area contributed by atoms with E-state index < -0.39 is 7.26 Å². The predicted octanol–water partition coefficient (Wildman–Crippen LogP) is 4.84. The van der Waals surface area contributed by atoms with Crippen LogP contribution in [0.5, 0.6) is 0 Å². The number of hydrogen-bond acceptors (Lipinski definition) is 4. The lowest BCUT2D eigenvalue weighted by Gasteiger charge is -2.25. The minimum Gasteiger partial charge on any atom is -0.459 e.